The van der Waals surface area contributed by atoms with E-state index in [9.17, 15) is 12.8 Å². The summed E-state index contributed by atoms with van der Waals surface area (Å²) in [4.78, 5) is 10.9. The van der Waals surface area contributed by atoms with E-state index < -0.39 is 15.8 Å². The molecule has 0 saturated carbocycles. The van der Waals surface area contributed by atoms with Crippen molar-refractivity contribution in [2.75, 3.05) is 31.1 Å². The molecule has 0 bridgehead atoms. The summed E-state index contributed by atoms with van der Waals surface area (Å²) in [7, 11) is -3.84. The zero-order valence-corrected chi connectivity index (χ0v) is 20.7. The molecule has 4 aromatic rings. The number of piperazine rings is 1. The molecule has 1 aliphatic rings. The number of para-hydroxylation sites is 1. The van der Waals surface area contributed by atoms with E-state index in [1.165, 1.54) is 10.4 Å². The monoisotopic (exact) mass is 524 g/mol. The summed E-state index contributed by atoms with van der Waals surface area (Å²) >= 11 is 6.00. The van der Waals surface area contributed by atoms with Crippen LogP contribution in [0.2, 0.25) is 5.02 Å². The summed E-state index contributed by atoms with van der Waals surface area (Å²) in [5.41, 5.74) is 1.66. The lowest BCUT2D eigenvalue weighted by atomic mass is 10.1. The van der Waals surface area contributed by atoms with Crippen molar-refractivity contribution in [3.63, 3.8) is 0 Å². The Kier molecular flexibility index (Phi) is 6.86. The predicted octanol–water partition coefficient (Wildman–Crippen LogP) is 5.24. The summed E-state index contributed by atoms with van der Waals surface area (Å²) in [5.74, 6) is 1.42. The largest absolute Gasteiger partial charge is 0.457 e. The van der Waals surface area contributed by atoms with E-state index >= 15 is 0 Å². The minimum absolute atomic E-state index is 0.100. The normalized spacial score (nSPS) is 14.6. The molecule has 36 heavy (non-hydrogen) atoms. The van der Waals surface area contributed by atoms with Crippen molar-refractivity contribution >= 4 is 27.6 Å². The SMILES string of the molecule is O=S(=O)(c1ccc(F)cc1Cl)N1CCN(c2nccc(-c3ccc(Oc4ccccc4)cc3)n2)CC1. The summed E-state index contributed by atoms with van der Waals surface area (Å²) in [6.07, 6.45) is 1.69. The molecule has 3 aromatic carbocycles. The molecule has 5 rings (SSSR count). The van der Waals surface area contributed by atoms with Crippen LogP contribution >= 0.6 is 11.6 Å². The first-order valence-corrected chi connectivity index (χ1v) is 13.1. The third-order valence-corrected chi connectivity index (χ3v) is 8.19. The van der Waals surface area contributed by atoms with Crippen molar-refractivity contribution in [1.82, 2.24) is 14.3 Å². The number of ether oxygens (including phenoxy) is 1. The Hall–Kier alpha value is -3.53. The van der Waals surface area contributed by atoms with Crippen LogP contribution in [0.4, 0.5) is 10.3 Å². The molecule has 0 atom stereocenters. The molecule has 0 spiro atoms. The fourth-order valence-electron chi connectivity index (χ4n) is 3.93. The van der Waals surface area contributed by atoms with Crippen molar-refractivity contribution in [1.29, 1.82) is 0 Å². The van der Waals surface area contributed by atoms with Gasteiger partial charge in [-0.05, 0) is 60.7 Å². The molecule has 10 heteroatoms. The van der Waals surface area contributed by atoms with Crippen LogP contribution < -0.4 is 9.64 Å². The van der Waals surface area contributed by atoms with Gasteiger partial charge in [-0.2, -0.15) is 4.31 Å². The summed E-state index contributed by atoms with van der Waals surface area (Å²) in [5, 5.41) is -0.131. The van der Waals surface area contributed by atoms with Gasteiger partial charge in [0.05, 0.1) is 10.7 Å². The van der Waals surface area contributed by atoms with Crippen LogP contribution in [-0.4, -0.2) is 48.9 Å². The van der Waals surface area contributed by atoms with Gasteiger partial charge in [-0.3, -0.25) is 0 Å². The minimum Gasteiger partial charge on any atom is -0.457 e. The van der Waals surface area contributed by atoms with Crippen molar-refractivity contribution < 1.29 is 17.5 Å². The average Bonchev–Trinajstić information content (AvgIpc) is 2.90. The maximum atomic E-state index is 13.4. The van der Waals surface area contributed by atoms with Gasteiger partial charge in [0.25, 0.3) is 0 Å². The number of halogens is 2. The van der Waals surface area contributed by atoms with Gasteiger partial charge in [-0.25, -0.2) is 22.8 Å². The van der Waals surface area contributed by atoms with Gasteiger partial charge in [0.1, 0.15) is 22.2 Å². The smallest absolute Gasteiger partial charge is 0.244 e. The number of benzene rings is 3. The van der Waals surface area contributed by atoms with Crippen LogP contribution in [0.5, 0.6) is 11.5 Å². The molecule has 1 aliphatic heterocycles. The second-order valence-corrected chi connectivity index (χ2v) is 10.5. The number of aromatic nitrogens is 2. The number of rotatable bonds is 6. The maximum Gasteiger partial charge on any atom is 0.244 e. The molecular weight excluding hydrogens is 503 g/mol. The van der Waals surface area contributed by atoms with Crippen molar-refractivity contribution in [2.45, 2.75) is 4.90 Å². The van der Waals surface area contributed by atoms with E-state index in [1.807, 2.05) is 65.6 Å². The third kappa shape index (κ3) is 5.18. The summed E-state index contributed by atoms with van der Waals surface area (Å²) in [6, 6.07) is 22.3. The van der Waals surface area contributed by atoms with E-state index in [1.54, 1.807) is 6.20 Å². The van der Waals surface area contributed by atoms with Gasteiger partial charge < -0.3 is 9.64 Å². The molecule has 0 N–H and O–H groups in total. The highest BCUT2D eigenvalue weighted by molar-refractivity contribution is 7.89. The van der Waals surface area contributed by atoms with Crippen molar-refractivity contribution in [3.05, 3.63) is 95.9 Å². The first-order chi connectivity index (χ1) is 17.4. The van der Waals surface area contributed by atoms with Gasteiger partial charge in [-0.15, -0.1) is 0 Å². The second-order valence-electron chi connectivity index (χ2n) is 8.15. The second kappa shape index (κ2) is 10.2. The topological polar surface area (TPSA) is 75.6 Å². The van der Waals surface area contributed by atoms with Crippen LogP contribution in [0, 0.1) is 5.82 Å². The molecule has 0 radical (unpaired) electrons. The number of hydrogen-bond donors (Lipinski definition) is 0. The molecule has 184 valence electrons. The lowest BCUT2D eigenvalue weighted by Crippen LogP contribution is -2.49. The minimum atomic E-state index is -3.84. The Morgan fingerprint density at radius 1 is 0.861 bits per heavy atom. The molecule has 0 unspecified atom stereocenters. The highest BCUT2D eigenvalue weighted by atomic mass is 35.5. The van der Waals surface area contributed by atoms with E-state index in [4.69, 9.17) is 21.3 Å². The Balaban J connectivity index is 1.26. The van der Waals surface area contributed by atoms with Crippen molar-refractivity contribution in [3.8, 4) is 22.8 Å². The van der Waals surface area contributed by atoms with Crippen LogP contribution in [0.1, 0.15) is 0 Å². The van der Waals surface area contributed by atoms with Crippen LogP contribution in [0.3, 0.4) is 0 Å². The highest BCUT2D eigenvalue weighted by Crippen LogP contribution is 2.28. The molecule has 0 amide bonds. The fourth-order valence-corrected chi connectivity index (χ4v) is 5.86. The number of nitrogens with zero attached hydrogens (tertiary/aromatic N) is 4. The van der Waals surface area contributed by atoms with Crippen molar-refractivity contribution in [2.24, 2.45) is 0 Å². The lowest BCUT2D eigenvalue weighted by molar-refractivity contribution is 0.382. The summed E-state index contributed by atoms with van der Waals surface area (Å²) in [6.45, 7) is 1.28. The van der Waals surface area contributed by atoms with Crippen LogP contribution in [0.15, 0.2) is 90.0 Å². The van der Waals surface area contributed by atoms with E-state index in [-0.39, 0.29) is 23.0 Å². The molecule has 2 heterocycles. The van der Waals surface area contributed by atoms with E-state index in [2.05, 4.69) is 4.98 Å². The Bertz CT molecular complexity index is 1460. The average molecular weight is 525 g/mol. The molecule has 1 aromatic heterocycles. The zero-order valence-electron chi connectivity index (χ0n) is 19.1. The standard InChI is InChI=1S/C26H22ClFN4O3S/c27-23-18-20(28)8-11-25(23)36(33,34)32-16-14-31(15-17-32)26-29-13-12-24(30-26)19-6-9-22(10-7-19)35-21-4-2-1-3-5-21/h1-13,18H,14-17H2. The Morgan fingerprint density at radius 3 is 2.25 bits per heavy atom. The lowest BCUT2D eigenvalue weighted by Gasteiger charge is -2.34. The van der Waals surface area contributed by atoms with Gasteiger partial charge in [-0.1, -0.05) is 29.8 Å². The third-order valence-electron chi connectivity index (χ3n) is 5.81. The number of hydrogen-bond acceptors (Lipinski definition) is 6. The maximum absolute atomic E-state index is 13.4. The molecule has 1 fully saturated rings. The van der Waals surface area contributed by atoms with Gasteiger partial charge in [0.15, 0.2) is 0 Å². The molecule has 1 saturated heterocycles. The molecular formula is C26H22ClFN4O3S. The zero-order chi connectivity index (χ0) is 25.1. The van der Waals surface area contributed by atoms with E-state index in [0.717, 1.165) is 34.9 Å². The van der Waals surface area contributed by atoms with E-state index in [0.29, 0.717) is 19.0 Å². The Morgan fingerprint density at radius 2 is 1.56 bits per heavy atom. The highest BCUT2D eigenvalue weighted by Gasteiger charge is 2.31. The van der Waals surface area contributed by atoms with Crippen LogP contribution in [-0.2, 0) is 10.0 Å². The fraction of sp³-hybridized carbons (Fsp3) is 0.154. The van der Waals surface area contributed by atoms with Gasteiger partial charge in [0, 0.05) is 37.9 Å². The quantitative estimate of drug-likeness (QED) is 0.343. The van der Waals surface area contributed by atoms with Crippen LogP contribution in [0.25, 0.3) is 11.3 Å². The molecule has 0 aliphatic carbocycles. The van der Waals surface area contributed by atoms with Gasteiger partial charge in [0.2, 0.25) is 16.0 Å². The first-order valence-electron chi connectivity index (χ1n) is 11.3. The number of anilines is 1. The summed E-state index contributed by atoms with van der Waals surface area (Å²) < 4.78 is 46.6. The van der Waals surface area contributed by atoms with Gasteiger partial charge >= 0.3 is 0 Å². The predicted molar refractivity (Wildman–Crippen MR) is 136 cm³/mol. The Labute approximate surface area is 213 Å². The number of sulfonamides is 1. The first kappa shape index (κ1) is 24.2. The molecule has 7 nitrogen and oxygen atoms in total.